The number of H-pyrrole nitrogens is 1. The number of nitrogens with zero attached hydrogens (tertiary/aromatic N) is 2. The molecule has 2 aliphatic heterocycles. The van der Waals surface area contributed by atoms with Crippen molar-refractivity contribution in [3.05, 3.63) is 101 Å². The normalized spacial score (nSPS) is 16.8. The fourth-order valence-corrected chi connectivity index (χ4v) is 5.02. The summed E-state index contributed by atoms with van der Waals surface area (Å²) in [7, 11) is 0. The number of carbonyl (C=O) groups excluding carboxylic acids is 1. The second kappa shape index (κ2) is 9.39. The van der Waals surface area contributed by atoms with E-state index in [2.05, 4.69) is 22.4 Å². The molecule has 8 nitrogen and oxygen atoms in total. The molecule has 0 aliphatic carbocycles. The number of amides is 1. The van der Waals surface area contributed by atoms with Crippen molar-refractivity contribution in [2.75, 3.05) is 26.4 Å². The van der Waals surface area contributed by atoms with E-state index >= 15 is 0 Å². The summed E-state index contributed by atoms with van der Waals surface area (Å²) in [6, 6.07) is 25.0. The summed E-state index contributed by atoms with van der Waals surface area (Å²) in [4.78, 5) is 32.3. The Bertz CT molecular complexity index is 1450. The van der Waals surface area contributed by atoms with Gasteiger partial charge in [0.2, 0.25) is 6.79 Å². The van der Waals surface area contributed by atoms with Gasteiger partial charge in [0, 0.05) is 31.2 Å². The molecule has 1 amide bonds. The Morgan fingerprint density at radius 3 is 2.53 bits per heavy atom. The number of piperazine rings is 1. The van der Waals surface area contributed by atoms with E-state index in [9.17, 15) is 9.59 Å². The van der Waals surface area contributed by atoms with Crippen LogP contribution in [0.15, 0.2) is 83.7 Å². The van der Waals surface area contributed by atoms with E-state index < -0.39 is 5.69 Å². The summed E-state index contributed by atoms with van der Waals surface area (Å²) < 4.78 is 12.8. The zero-order valence-electron chi connectivity index (χ0n) is 19.6. The Balaban J connectivity index is 1.46. The number of rotatable bonds is 5. The third-order valence-electron chi connectivity index (χ3n) is 6.70. The summed E-state index contributed by atoms with van der Waals surface area (Å²) in [6.45, 7) is 2.01. The fraction of sp³-hybridized carbons (Fsp3) is 0.214. The van der Waals surface area contributed by atoms with Crippen LogP contribution >= 0.6 is 0 Å². The molecule has 1 fully saturated rings. The lowest BCUT2D eigenvalue weighted by atomic mass is 10.0. The molecule has 36 heavy (non-hydrogen) atoms. The molecule has 0 radical (unpaired) electrons. The summed E-state index contributed by atoms with van der Waals surface area (Å²) in [5.74, 6) is 0.855. The van der Waals surface area contributed by atoms with Gasteiger partial charge in [0.05, 0.1) is 11.4 Å². The minimum atomic E-state index is -0.407. The molecule has 2 N–H and O–H groups in total. The monoisotopic (exact) mass is 482 g/mol. The van der Waals surface area contributed by atoms with Crippen molar-refractivity contribution in [3.8, 4) is 28.4 Å². The summed E-state index contributed by atoms with van der Waals surface area (Å²) in [6.07, 6.45) is 0.725. The van der Waals surface area contributed by atoms with Gasteiger partial charge in [0.25, 0.3) is 5.91 Å². The number of carbonyl (C=O) groups is 1. The van der Waals surface area contributed by atoms with Crippen molar-refractivity contribution in [1.29, 1.82) is 0 Å². The van der Waals surface area contributed by atoms with Gasteiger partial charge in [-0.2, -0.15) is 0 Å². The van der Waals surface area contributed by atoms with Crippen molar-refractivity contribution >= 4 is 5.91 Å². The van der Waals surface area contributed by atoms with Crippen LogP contribution in [0.4, 0.5) is 0 Å². The first-order valence-corrected chi connectivity index (χ1v) is 12.1. The van der Waals surface area contributed by atoms with Crippen LogP contribution in [0, 0.1) is 0 Å². The molecule has 3 heterocycles. The van der Waals surface area contributed by atoms with E-state index in [0.717, 1.165) is 17.5 Å². The van der Waals surface area contributed by atoms with Gasteiger partial charge in [0.15, 0.2) is 11.5 Å². The van der Waals surface area contributed by atoms with Crippen LogP contribution in [0.5, 0.6) is 11.5 Å². The average molecular weight is 483 g/mol. The quantitative estimate of drug-likeness (QED) is 0.456. The third kappa shape index (κ3) is 3.95. The zero-order valence-corrected chi connectivity index (χ0v) is 19.6. The van der Waals surface area contributed by atoms with Gasteiger partial charge in [-0.1, -0.05) is 66.7 Å². The molecule has 4 aromatic rings. The van der Waals surface area contributed by atoms with Gasteiger partial charge >= 0.3 is 5.69 Å². The van der Waals surface area contributed by atoms with Gasteiger partial charge < -0.3 is 24.7 Å². The second-order valence-electron chi connectivity index (χ2n) is 8.91. The number of benzene rings is 3. The van der Waals surface area contributed by atoms with E-state index in [-0.39, 0.29) is 24.4 Å². The molecular formula is C28H26N4O4. The SMILES string of the molecule is O=C(c1[nH]c(=O)n(-c2cccc3c2OCO3)c1-c1ccccc1)N1CCNC[C@H]1Cc1ccccc1. The number of hydrogen-bond donors (Lipinski definition) is 2. The van der Waals surface area contributed by atoms with Gasteiger partial charge in [0.1, 0.15) is 5.69 Å². The first-order valence-electron chi connectivity index (χ1n) is 12.1. The Labute approximate surface area is 208 Å². The number of nitrogens with one attached hydrogen (secondary N) is 2. The van der Waals surface area contributed by atoms with E-state index in [1.165, 1.54) is 4.57 Å². The van der Waals surface area contributed by atoms with Crippen molar-refractivity contribution in [2.24, 2.45) is 0 Å². The van der Waals surface area contributed by atoms with Crippen LogP contribution in [0.2, 0.25) is 0 Å². The molecule has 2 aliphatic rings. The number of aromatic nitrogens is 2. The highest BCUT2D eigenvalue weighted by Gasteiger charge is 2.33. The van der Waals surface area contributed by atoms with Gasteiger partial charge in [-0.05, 0) is 24.1 Å². The predicted molar refractivity (Wildman–Crippen MR) is 136 cm³/mol. The van der Waals surface area contributed by atoms with Crippen LogP contribution < -0.4 is 20.5 Å². The largest absolute Gasteiger partial charge is 0.454 e. The number of ether oxygens (including phenoxy) is 2. The molecule has 1 atom stereocenters. The number of imidazole rings is 1. The fourth-order valence-electron chi connectivity index (χ4n) is 5.02. The van der Waals surface area contributed by atoms with Crippen molar-refractivity contribution in [1.82, 2.24) is 19.8 Å². The lowest BCUT2D eigenvalue weighted by Gasteiger charge is -2.36. The minimum Gasteiger partial charge on any atom is -0.454 e. The molecule has 182 valence electrons. The summed E-state index contributed by atoms with van der Waals surface area (Å²) >= 11 is 0. The lowest BCUT2D eigenvalue weighted by Crippen LogP contribution is -2.54. The minimum absolute atomic E-state index is 0.0400. The Morgan fingerprint density at radius 1 is 0.944 bits per heavy atom. The average Bonchev–Trinajstić information content (AvgIpc) is 3.54. The lowest BCUT2D eigenvalue weighted by molar-refractivity contribution is 0.0631. The smallest absolute Gasteiger partial charge is 0.331 e. The highest BCUT2D eigenvalue weighted by molar-refractivity contribution is 5.99. The zero-order chi connectivity index (χ0) is 24.5. The third-order valence-corrected chi connectivity index (χ3v) is 6.70. The van der Waals surface area contributed by atoms with Crippen LogP contribution in [0.25, 0.3) is 16.9 Å². The molecular weight excluding hydrogens is 456 g/mol. The number of para-hydroxylation sites is 1. The van der Waals surface area contributed by atoms with Gasteiger partial charge in [-0.15, -0.1) is 0 Å². The van der Waals surface area contributed by atoms with Gasteiger partial charge in [-0.3, -0.25) is 9.36 Å². The topological polar surface area (TPSA) is 88.6 Å². The predicted octanol–water partition coefficient (Wildman–Crippen LogP) is 3.22. The number of hydrogen-bond acceptors (Lipinski definition) is 5. The molecule has 0 saturated carbocycles. The Kier molecular flexibility index (Phi) is 5.79. The summed E-state index contributed by atoms with van der Waals surface area (Å²) in [5, 5.41) is 3.41. The molecule has 0 unspecified atom stereocenters. The van der Waals surface area contributed by atoms with Gasteiger partial charge in [-0.25, -0.2) is 4.79 Å². The van der Waals surface area contributed by atoms with Crippen molar-refractivity contribution in [3.63, 3.8) is 0 Å². The van der Waals surface area contributed by atoms with Crippen LogP contribution in [-0.2, 0) is 6.42 Å². The van der Waals surface area contributed by atoms with Crippen LogP contribution in [0.1, 0.15) is 16.1 Å². The molecule has 1 aromatic heterocycles. The van der Waals surface area contributed by atoms with E-state index in [0.29, 0.717) is 42.5 Å². The van der Waals surface area contributed by atoms with E-state index in [1.54, 1.807) is 12.1 Å². The number of aromatic amines is 1. The second-order valence-corrected chi connectivity index (χ2v) is 8.91. The highest BCUT2D eigenvalue weighted by Crippen LogP contribution is 2.39. The van der Waals surface area contributed by atoms with E-state index in [1.807, 2.05) is 59.5 Å². The molecule has 1 saturated heterocycles. The first kappa shape index (κ1) is 22.2. The first-order chi connectivity index (χ1) is 17.7. The van der Waals surface area contributed by atoms with Crippen molar-refractivity contribution < 1.29 is 14.3 Å². The molecule has 6 rings (SSSR count). The standard InChI is InChI=1S/C28H26N4O4/c33-27(31-15-14-29-17-21(31)16-19-8-3-1-4-9-19)24-25(20-10-5-2-6-11-20)32(28(34)30-24)22-12-7-13-23-26(22)36-18-35-23/h1-13,21,29H,14-18H2,(H,30,34)/t21-/m1/s1. The van der Waals surface area contributed by atoms with Crippen LogP contribution in [0.3, 0.4) is 0 Å². The maximum Gasteiger partial charge on any atom is 0.331 e. The van der Waals surface area contributed by atoms with Crippen molar-refractivity contribution in [2.45, 2.75) is 12.5 Å². The maximum atomic E-state index is 14.1. The van der Waals surface area contributed by atoms with Crippen LogP contribution in [-0.4, -0.2) is 52.8 Å². The molecule has 0 spiro atoms. The maximum absolute atomic E-state index is 14.1. The molecule has 8 heteroatoms. The Hall–Kier alpha value is -4.30. The molecule has 3 aromatic carbocycles. The Morgan fingerprint density at radius 2 is 1.72 bits per heavy atom. The summed E-state index contributed by atoms with van der Waals surface area (Å²) in [5.41, 5.74) is 2.82. The number of fused-ring (bicyclic) bond motifs is 1. The highest BCUT2D eigenvalue weighted by atomic mass is 16.7. The molecule has 0 bridgehead atoms. The van der Waals surface area contributed by atoms with E-state index in [4.69, 9.17) is 9.47 Å².